The molecule has 1 aliphatic rings. The molecule has 29 heavy (non-hydrogen) atoms. The smallest absolute Gasteiger partial charge is 0.309 e. The Kier molecular flexibility index (Phi) is 6.11. The molecule has 0 radical (unpaired) electrons. The third-order valence-electron chi connectivity index (χ3n) is 4.57. The Hall–Kier alpha value is -3.42. The van der Waals surface area contributed by atoms with Crippen LogP contribution in [0.25, 0.3) is 0 Å². The summed E-state index contributed by atoms with van der Waals surface area (Å²) in [5.74, 6) is -1.26. The van der Waals surface area contributed by atoms with Crippen molar-refractivity contribution in [3.05, 3.63) is 58.9 Å². The van der Waals surface area contributed by atoms with Gasteiger partial charge < -0.3 is 20.5 Å². The highest BCUT2D eigenvalue weighted by atomic mass is 19.1. The van der Waals surface area contributed by atoms with Crippen LogP contribution in [0, 0.1) is 11.2 Å². The lowest BCUT2D eigenvalue weighted by atomic mass is 10.00. The van der Waals surface area contributed by atoms with Crippen LogP contribution in [-0.4, -0.2) is 30.4 Å². The highest BCUT2D eigenvalue weighted by Gasteiger charge is 2.23. The Bertz CT molecular complexity index is 961. The van der Waals surface area contributed by atoms with E-state index in [0.29, 0.717) is 30.9 Å². The summed E-state index contributed by atoms with van der Waals surface area (Å²) in [6, 6.07) is 8.92. The Morgan fingerprint density at radius 2 is 2.10 bits per heavy atom. The zero-order valence-electron chi connectivity index (χ0n) is 16.0. The van der Waals surface area contributed by atoms with E-state index in [4.69, 9.17) is 20.6 Å². The number of carbonyl (C=O) groups excluding carboxylic acids is 2. The lowest BCUT2D eigenvalue weighted by Crippen LogP contribution is -2.26. The summed E-state index contributed by atoms with van der Waals surface area (Å²) in [5.41, 5.74) is 6.81. The van der Waals surface area contributed by atoms with Gasteiger partial charge in [-0.15, -0.1) is 0 Å². The first kappa shape index (κ1) is 20.3. The van der Waals surface area contributed by atoms with Gasteiger partial charge in [0.05, 0.1) is 18.6 Å². The van der Waals surface area contributed by atoms with Gasteiger partial charge in [0.1, 0.15) is 23.5 Å². The number of ether oxygens (including phenoxy) is 2. The number of fused-ring (bicyclic) bond motifs is 1. The molecule has 0 saturated heterocycles. The molecule has 1 aliphatic heterocycles. The predicted molar refractivity (Wildman–Crippen MR) is 106 cm³/mol. The Morgan fingerprint density at radius 3 is 2.79 bits per heavy atom. The van der Waals surface area contributed by atoms with E-state index in [1.54, 1.807) is 25.1 Å². The van der Waals surface area contributed by atoms with Crippen LogP contribution in [0.5, 0.6) is 5.75 Å². The highest BCUT2D eigenvalue weighted by Crippen LogP contribution is 2.31. The lowest BCUT2D eigenvalue weighted by Gasteiger charge is -2.26. The van der Waals surface area contributed by atoms with Crippen molar-refractivity contribution in [2.75, 3.05) is 11.9 Å². The lowest BCUT2D eigenvalue weighted by molar-refractivity contribution is -0.145. The highest BCUT2D eigenvalue weighted by molar-refractivity contribution is 6.05. The molecule has 1 atom stereocenters. The largest absolute Gasteiger partial charge is 0.490 e. The summed E-state index contributed by atoms with van der Waals surface area (Å²) in [5, 5.41) is 9.99. The van der Waals surface area contributed by atoms with E-state index in [2.05, 4.69) is 5.32 Å². The van der Waals surface area contributed by atoms with E-state index < -0.39 is 11.7 Å². The van der Waals surface area contributed by atoms with Gasteiger partial charge in [-0.2, -0.15) is 0 Å². The van der Waals surface area contributed by atoms with E-state index in [1.807, 2.05) is 0 Å². The molecule has 152 valence electrons. The second-order valence-electron chi connectivity index (χ2n) is 6.67. The van der Waals surface area contributed by atoms with Crippen LogP contribution in [0.2, 0.25) is 0 Å². The van der Waals surface area contributed by atoms with Crippen LogP contribution in [0.4, 0.5) is 10.1 Å². The van der Waals surface area contributed by atoms with Gasteiger partial charge in [0.2, 0.25) is 0 Å². The molecule has 0 unspecified atom stereocenters. The maximum atomic E-state index is 14.2. The number of esters is 1. The molecule has 1 amide bonds. The number of amidine groups is 1. The van der Waals surface area contributed by atoms with Crippen molar-refractivity contribution in [3.63, 3.8) is 0 Å². The summed E-state index contributed by atoms with van der Waals surface area (Å²) in [7, 11) is 0. The Morgan fingerprint density at radius 1 is 1.31 bits per heavy atom. The molecule has 4 N–H and O–H groups in total. The Balaban J connectivity index is 1.67. The number of carbonyl (C=O) groups is 2. The minimum Gasteiger partial charge on any atom is -0.490 e. The van der Waals surface area contributed by atoms with Crippen molar-refractivity contribution >= 4 is 23.4 Å². The van der Waals surface area contributed by atoms with Crippen molar-refractivity contribution < 1.29 is 23.5 Å². The van der Waals surface area contributed by atoms with E-state index in [-0.39, 0.29) is 35.5 Å². The van der Waals surface area contributed by atoms with Crippen LogP contribution in [0.3, 0.4) is 0 Å². The Labute approximate surface area is 167 Å². The molecule has 2 aromatic carbocycles. The fraction of sp³-hybridized carbons (Fsp3) is 0.286. The molecule has 0 fully saturated rings. The summed E-state index contributed by atoms with van der Waals surface area (Å²) < 4.78 is 25.0. The van der Waals surface area contributed by atoms with E-state index >= 15 is 0 Å². The van der Waals surface area contributed by atoms with Crippen LogP contribution < -0.4 is 15.8 Å². The number of amides is 1. The van der Waals surface area contributed by atoms with Gasteiger partial charge in [-0.05, 0) is 55.7 Å². The fourth-order valence-electron chi connectivity index (χ4n) is 3.14. The molecule has 3 rings (SSSR count). The zero-order valence-corrected chi connectivity index (χ0v) is 16.0. The second kappa shape index (κ2) is 8.72. The summed E-state index contributed by atoms with van der Waals surface area (Å²) in [4.78, 5) is 24.0. The number of hydrogen-bond donors (Lipinski definition) is 3. The van der Waals surface area contributed by atoms with Gasteiger partial charge in [0, 0.05) is 11.3 Å². The number of aryl methyl sites for hydroxylation is 1. The van der Waals surface area contributed by atoms with Gasteiger partial charge >= 0.3 is 5.97 Å². The molecule has 0 aromatic heterocycles. The van der Waals surface area contributed by atoms with Gasteiger partial charge in [0.15, 0.2) is 0 Å². The van der Waals surface area contributed by atoms with Crippen LogP contribution >= 0.6 is 0 Å². The van der Waals surface area contributed by atoms with Crippen LogP contribution in [0.15, 0.2) is 36.4 Å². The number of hydrogen-bond acceptors (Lipinski definition) is 5. The van der Waals surface area contributed by atoms with Crippen molar-refractivity contribution in [2.24, 2.45) is 5.73 Å². The molecule has 0 bridgehead atoms. The maximum Gasteiger partial charge on any atom is 0.309 e. The molecule has 2 aromatic rings. The monoisotopic (exact) mass is 399 g/mol. The summed E-state index contributed by atoms with van der Waals surface area (Å²) >= 11 is 0. The van der Waals surface area contributed by atoms with E-state index in [9.17, 15) is 14.0 Å². The van der Waals surface area contributed by atoms with E-state index in [1.165, 1.54) is 12.1 Å². The van der Waals surface area contributed by atoms with Crippen molar-refractivity contribution in [2.45, 2.75) is 32.3 Å². The molecule has 0 aliphatic carbocycles. The van der Waals surface area contributed by atoms with Crippen molar-refractivity contribution in [1.82, 2.24) is 0 Å². The molecule has 8 heteroatoms. The average molecular weight is 399 g/mol. The summed E-state index contributed by atoms with van der Waals surface area (Å²) in [6.07, 6.45) is 1.30. The average Bonchev–Trinajstić information content (AvgIpc) is 2.68. The second-order valence-corrected chi connectivity index (χ2v) is 6.67. The van der Waals surface area contributed by atoms with Gasteiger partial charge in [-0.25, -0.2) is 4.39 Å². The number of halogens is 1. The van der Waals surface area contributed by atoms with Crippen LogP contribution in [-0.2, 0) is 16.0 Å². The molecular formula is C21H22FN3O4. The van der Waals surface area contributed by atoms with Crippen molar-refractivity contribution in [3.8, 4) is 5.75 Å². The van der Waals surface area contributed by atoms with Gasteiger partial charge in [-0.1, -0.05) is 6.07 Å². The minimum atomic E-state index is -0.752. The van der Waals surface area contributed by atoms with Crippen molar-refractivity contribution in [1.29, 1.82) is 5.41 Å². The maximum absolute atomic E-state index is 14.2. The number of nitrogens with one attached hydrogen (secondary N) is 2. The SMILES string of the molecule is CCOC(=O)C[C@@H]1CCc2cc(NC(=O)c3ccc(C(=N)N)cc3F)ccc2O1. The minimum absolute atomic E-state index is 0.140. The first-order valence-corrected chi connectivity index (χ1v) is 9.28. The molecule has 7 nitrogen and oxygen atoms in total. The third-order valence-corrected chi connectivity index (χ3v) is 4.57. The number of anilines is 1. The quantitative estimate of drug-likeness (QED) is 0.392. The number of benzene rings is 2. The summed E-state index contributed by atoms with van der Waals surface area (Å²) in [6.45, 7) is 2.09. The normalized spacial score (nSPS) is 15.0. The van der Waals surface area contributed by atoms with E-state index in [0.717, 1.165) is 11.6 Å². The molecule has 0 spiro atoms. The third kappa shape index (κ3) is 4.90. The predicted octanol–water partition coefficient (Wildman–Crippen LogP) is 3.01. The number of nitrogens with two attached hydrogens (primary N) is 1. The molecule has 0 saturated carbocycles. The fourth-order valence-corrected chi connectivity index (χ4v) is 3.14. The first-order chi connectivity index (χ1) is 13.9. The standard InChI is InChI=1S/C21H22FN3O4/c1-2-28-19(26)11-15-6-3-12-9-14(5-8-18(12)29-15)25-21(27)16-7-4-13(20(23)24)10-17(16)22/h4-5,7-10,15H,2-3,6,11H2,1H3,(H3,23,24)(H,25,27)/t15-/m0/s1. The van der Waals surface area contributed by atoms with Gasteiger partial charge in [0.25, 0.3) is 5.91 Å². The van der Waals surface area contributed by atoms with Gasteiger partial charge in [-0.3, -0.25) is 15.0 Å². The molecular weight excluding hydrogens is 377 g/mol. The molecule has 1 heterocycles. The zero-order chi connectivity index (χ0) is 21.0. The first-order valence-electron chi connectivity index (χ1n) is 9.28. The topological polar surface area (TPSA) is 114 Å². The van der Waals surface area contributed by atoms with Crippen LogP contribution in [0.1, 0.15) is 41.3 Å². The number of rotatable bonds is 6. The number of nitrogen functional groups attached to an aromatic ring is 1.